The average Bonchev–Trinajstić information content (AvgIpc) is 2.59. The van der Waals surface area contributed by atoms with Crippen molar-refractivity contribution >= 4 is 34.7 Å². The van der Waals surface area contributed by atoms with Crippen LogP contribution in [0.5, 0.6) is 11.5 Å². The molecule has 0 fully saturated rings. The molecule has 0 radical (unpaired) electrons. The number of nitrogens with zero attached hydrogens (tertiary/aromatic N) is 1. The Balaban J connectivity index is 2.03. The standard InChI is InChI=1S/C19H21IN2O3/c1-3-24-17-11-15(10-16(20)19(17)25-4-2)13-21-22-18(23)12-14-8-6-5-7-9-14/h5-11,13H,3-4,12H2,1-2H3,(H,22,23). The van der Waals surface area contributed by atoms with Crippen LogP contribution in [0.2, 0.25) is 0 Å². The van der Waals surface area contributed by atoms with Crippen molar-refractivity contribution in [3.05, 3.63) is 57.2 Å². The van der Waals surface area contributed by atoms with Gasteiger partial charge in [0.15, 0.2) is 11.5 Å². The molecule has 2 rings (SSSR count). The van der Waals surface area contributed by atoms with Gasteiger partial charge in [0.25, 0.3) is 0 Å². The molecule has 0 aliphatic heterocycles. The highest BCUT2D eigenvalue weighted by atomic mass is 127. The number of nitrogens with one attached hydrogen (secondary N) is 1. The fourth-order valence-electron chi connectivity index (χ4n) is 2.21. The molecule has 2 aromatic carbocycles. The highest BCUT2D eigenvalue weighted by Gasteiger charge is 2.11. The van der Waals surface area contributed by atoms with E-state index in [4.69, 9.17) is 9.47 Å². The average molecular weight is 452 g/mol. The Morgan fingerprint density at radius 1 is 1.16 bits per heavy atom. The van der Waals surface area contributed by atoms with Gasteiger partial charge < -0.3 is 9.47 Å². The summed E-state index contributed by atoms with van der Waals surface area (Å²) in [7, 11) is 0. The van der Waals surface area contributed by atoms with E-state index < -0.39 is 0 Å². The van der Waals surface area contributed by atoms with Crippen molar-refractivity contribution in [2.24, 2.45) is 5.10 Å². The lowest BCUT2D eigenvalue weighted by atomic mass is 10.1. The number of hydrazone groups is 1. The van der Waals surface area contributed by atoms with Gasteiger partial charge in [0.05, 0.1) is 29.4 Å². The van der Waals surface area contributed by atoms with Gasteiger partial charge in [0, 0.05) is 0 Å². The minimum atomic E-state index is -0.159. The molecular weight excluding hydrogens is 431 g/mol. The molecule has 0 aromatic heterocycles. The second-order valence-corrected chi connectivity index (χ2v) is 6.31. The smallest absolute Gasteiger partial charge is 0.244 e. The van der Waals surface area contributed by atoms with Crippen LogP contribution in [0.15, 0.2) is 47.6 Å². The summed E-state index contributed by atoms with van der Waals surface area (Å²) >= 11 is 2.20. The van der Waals surface area contributed by atoms with Crippen molar-refractivity contribution in [2.75, 3.05) is 13.2 Å². The maximum absolute atomic E-state index is 11.9. The van der Waals surface area contributed by atoms with Crippen molar-refractivity contribution < 1.29 is 14.3 Å². The molecule has 0 bridgehead atoms. The highest BCUT2D eigenvalue weighted by Crippen LogP contribution is 2.33. The summed E-state index contributed by atoms with van der Waals surface area (Å²) in [6.07, 6.45) is 1.90. The quantitative estimate of drug-likeness (QED) is 0.377. The second-order valence-electron chi connectivity index (χ2n) is 5.15. The number of carbonyl (C=O) groups excluding carboxylic acids is 1. The van der Waals surface area contributed by atoms with Crippen LogP contribution in [-0.4, -0.2) is 25.3 Å². The molecule has 0 saturated heterocycles. The molecule has 0 spiro atoms. The number of carbonyl (C=O) groups is 1. The molecule has 0 aliphatic carbocycles. The highest BCUT2D eigenvalue weighted by molar-refractivity contribution is 14.1. The Labute approximate surface area is 161 Å². The minimum absolute atomic E-state index is 0.159. The Bertz CT molecular complexity index is 733. The topological polar surface area (TPSA) is 59.9 Å². The van der Waals surface area contributed by atoms with Crippen LogP contribution in [0.3, 0.4) is 0 Å². The van der Waals surface area contributed by atoms with E-state index in [1.165, 1.54) is 0 Å². The molecule has 0 aliphatic rings. The Morgan fingerprint density at radius 3 is 2.56 bits per heavy atom. The maximum atomic E-state index is 11.9. The van der Waals surface area contributed by atoms with Crippen LogP contribution in [0.25, 0.3) is 0 Å². The summed E-state index contributed by atoms with van der Waals surface area (Å²) in [5.41, 5.74) is 4.32. The predicted octanol–water partition coefficient (Wildman–Crippen LogP) is 3.78. The molecule has 2 aromatic rings. The number of halogens is 1. The lowest BCUT2D eigenvalue weighted by molar-refractivity contribution is -0.120. The van der Waals surface area contributed by atoms with Gasteiger partial charge in [0.2, 0.25) is 5.91 Å². The van der Waals surface area contributed by atoms with Crippen molar-refractivity contribution in [2.45, 2.75) is 20.3 Å². The third kappa shape index (κ3) is 6.04. The van der Waals surface area contributed by atoms with Crippen molar-refractivity contribution in [1.29, 1.82) is 0 Å². The van der Waals surface area contributed by atoms with Crippen molar-refractivity contribution in [1.82, 2.24) is 5.43 Å². The Kier molecular flexibility index (Phi) is 7.72. The van der Waals surface area contributed by atoms with Crippen LogP contribution < -0.4 is 14.9 Å². The van der Waals surface area contributed by atoms with Gasteiger partial charge in [-0.1, -0.05) is 30.3 Å². The number of benzene rings is 2. The van der Waals surface area contributed by atoms with E-state index in [-0.39, 0.29) is 5.91 Å². The van der Waals surface area contributed by atoms with Gasteiger partial charge in [-0.15, -0.1) is 0 Å². The number of rotatable bonds is 8. The summed E-state index contributed by atoms with van der Waals surface area (Å²) in [6.45, 7) is 4.97. The van der Waals surface area contributed by atoms with Gasteiger partial charge in [-0.25, -0.2) is 5.43 Å². The van der Waals surface area contributed by atoms with Crippen LogP contribution in [-0.2, 0) is 11.2 Å². The fourth-order valence-corrected chi connectivity index (χ4v) is 2.99. The lowest BCUT2D eigenvalue weighted by Crippen LogP contribution is -2.19. The molecule has 132 valence electrons. The normalized spacial score (nSPS) is 10.7. The predicted molar refractivity (Wildman–Crippen MR) is 107 cm³/mol. The molecule has 0 heterocycles. The van der Waals surface area contributed by atoms with E-state index in [1.807, 2.05) is 56.3 Å². The maximum Gasteiger partial charge on any atom is 0.244 e. The van der Waals surface area contributed by atoms with Crippen molar-refractivity contribution in [3.63, 3.8) is 0 Å². The third-order valence-electron chi connectivity index (χ3n) is 3.23. The van der Waals surface area contributed by atoms with Gasteiger partial charge in [-0.2, -0.15) is 5.10 Å². The number of hydrogen-bond donors (Lipinski definition) is 1. The molecule has 0 unspecified atom stereocenters. The van der Waals surface area contributed by atoms with Gasteiger partial charge in [-0.3, -0.25) is 4.79 Å². The van der Waals surface area contributed by atoms with Gasteiger partial charge >= 0.3 is 0 Å². The van der Waals surface area contributed by atoms with E-state index >= 15 is 0 Å². The van der Waals surface area contributed by atoms with E-state index in [1.54, 1.807) is 6.21 Å². The van der Waals surface area contributed by atoms with Crippen LogP contribution >= 0.6 is 22.6 Å². The van der Waals surface area contributed by atoms with E-state index in [2.05, 4.69) is 33.1 Å². The van der Waals surface area contributed by atoms with Gasteiger partial charge in [0.1, 0.15) is 0 Å². The van der Waals surface area contributed by atoms with E-state index in [0.29, 0.717) is 25.4 Å². The first-order chi connectivity index (χ1) is 12.1. The minimum Gasteiger partial charge on any atom is -0.490 e. The second kappa shape index (κ2) is 10.0. The van der Waals surface area contributed by atoms with Crippen LogP contribution in [0.1, 0.15) is 25.0 Å². The van der Waals surface area contributed by atoms with Crippen LogP contribution in [0.4, 0.5) is 0 Å². The molecule has 6 heteroatoms. The number of amides is 1. The summed E-state index contributed by atoms with van der Waals surface area (Å²) in [4.78, 5) is 11.9. The van der Waals surface area contributed by atoms with Gasteiger partial charge in [-0.05, 0) is 59.7 Å². The molecule has 1 amide bonds. The summed E-state index contributed by atoms with van der Waals surface area (Å²) in [5.74, 6) is 1.25. The SMILES string of the molecule is CCOc1cc(C=NNC(=O)Cc2ccccc2)cc(I)c1OCC. The Morgan fingerprint density at radius 2 is 1.88 bits per heavy atom. The zero-order valence-corrected chi connectivity index (χ0v) is 16.4. The van der Waals surface area contributed by atoms with Crippen LogP contribution in [0, 0.1) is 3.57 Å². The summed E-state index contributed by atoms with van der Waals surface area (Å²) in [5, 5.41) is 4.03. The summed E-state index contributed by atoms with van der Waals surface area (Å²) in [6, 6.07) is 13.3. The monoisotopic (exact) mass is 452 g/mol. The molecular formula is C19H21IN2O3. The first-order valence-corrected chi connectivity index (χ1v) is 9.16. The lowest BCUT2D eigenvalue weighted by Gasteiger charge is -2.13. The molecule has 0 atom stereocenters. The zero-order chi connectivity index (χ0) is 18.1. The fraction of sp³-hybridized carbons (Fsp3) is 0.263. The Hall–Kier alpha value is -2.09. The first-order valence-electron chi connectivity index (χ1n) is 8.09. The first kappa shape index (κ1) is 19.2. The van der Waals surface area contributed by atoms with E-state index in [0.717, 1.165) is 20.4 Å². The van der Waals surface area contributed by atoms with Crippen molar-refractivity contribution in [3.8, 4) is 11.5 Å². The third-order valence-corrected chi connectivity index (χ3v) is 4.03. The zero-order valence-electron chi connectivity index (χ0n) is 14.3. The number of hydrogen-bond acceptors (Lipinski definition) is 4. The molecule has 1 N–H and O–H groups in total. The largest absolute Gasteiger partial charge is 0.490 e. The molecule has 25 heavy (non-hydrogen) atoms. The van der Waals surface area contributed by atoms with E-state index in [9.17, 15) is 4.79 Å². The molecule has 0 saturated carbocycles. The molecule has 5 nitrogen and oxygen atoms in total. The summed E-state index contributed by atoms with van der Waals surface area (Å²) < 4.78 is 12.2. The number of ether oxygens (including phenoxy) is 2.